The molecule has 0 spiro atoms. The van der Waals surface area contributed by atoms with Gasteiger partial charge in [-0.2, -0.15) is 0 Å². The summed E-state index contributed by atoms with van der Waals surface area (Å²) in [6.45, 7) is 0. The van der Waals surface area contributed by atoms with Gasteiger partial charge in [0.05, 0.1) is 0 Å². The predicted molar refractivity (Wildman–Crippen MR) is 302 cm³/mol. The molecule has 0 unspecified atom stereocenters. The van der Waals surface area contributed by atoms with E-state index in [1.54, 1.807) is 0 Å². The normalized spacial score (nSPS) is 11.9. The number of fused-ring (bicyclic) bond motifs is 4. The summed E-state index contributed by atoms with van der Waals surface area (Å²) in [5.41, 5.74) is 13.5. The fourth-order valence-electron chi connectivity index (χ4n) is 11.4. The van der Waals surface area contributed by atoms with Crippen LogP contribution >= 0.6 is 0 Å². The van der Waals surface area contributed by atoms with E-state index in [0.29, 0.717) is 0 Å². The quantitative estimate of drug-likeness (QED) is 0.138. The smallest absolute Gasteiger partial charge is 0.164 e. The zero-order valence-corrected chi connectivity index (χ0v) is 40.3. The van der Waals surface area contributed by atoms with Crippen LogP contribution in [0.3, 0.4) is 0 Å². The van der Waals surface area contributed by atoms with Crippen LogP contribution in [0.2, 0.25) is 0 Å². The summed E-state index contributed by atoms with van der Waals surface area (Å²) in [5.74, 6) is 2.98. The van der Waals surface area contributed by atoms with Crippen LogP contribution in [0, 0.1) is 0 Å². The van der Waals surface area contributed by atoms with E-state index >= 15 is 0 Å². The Bertz CT molecular complexity index is 4310. The van der Waals surface area contributed by atoms with E-state index in [-0.39, 0.29) is 0 Å². The Kier molecular flexibility index (Phi) is 9.03. The highest BCUT2D eigenvalue weighted by Crippen LogP contribution is 2.50. The number of aromatic nitrogens is 12. The van der Waals surface area contributed by atoms with Gasteiger partial charge in [-0.15, -0.1) is 0 Å². The van der Waals surface area contributed by atoms with Crippen molar-refractivity contribution in [3.63, 3.8) is 0 Å². The van der Waals surface area contributed by atoms with E-state index in [9.17, 15) is 0 Å². The fraction of sp³-hybridized carbons (Fsp3) is 0. The van der Waals surface area contributed by atoms with Crippen molar-refractivity contribution in [3.8, 4) is 68.3 Å². The fourth-order valence-corrected chi connectivity index (χ4v) is 11.4. The minimum atomic E-state index is 0.744. The van der Waals surface area contributed by atoms with E-state index < -0.39 is 0 Å². The summed E-state index contributed by atoms with van der Waals surface area (Å²) in [7, 11) is 0. The average Bonchev–Trinajstić information content (AvgIpc) is 4.40. The third-order valence-electron chi connectivity index (χ3n) is 14.6. The summed E-state index contributed by atoms with van der Waals surface area (Å²) in [4.78, 5) is 41.8. The first kappa shape index (κ1) is 41.9. The number of benzene rings is 8. The second kappa shape index (κ2) is 16.4. The summed E-state index contributed by atoms with van der Waals surface area (Å²) in [6.07, 6.45) is 7.32. The molecule has 354 valence electrons. The van der Waals surface area contributed by atoms with E-state index in [4.69, 9.17) is 39.9 Å². The zero-order chi connectivity index (χ0) is 49.8. The van der Waals surface area contributed by atoms with Gasteiger partial charge < -0.3 is 0 Å². The van der Waals surface area contributed by atoms with Gasteiger partial charge in [0.2, 0.25) is 0 Å². The van der Waals surface area contributed by atoms with Gasteiger partial charge in [-0.25, -0.2) is 39.9 Å². The summed E-state index contributed by atoms with van der Waals surface area (Å²) >= 11 is 0. The maximum absolute atomic E-state index is 5.49. The van der Waals surface area contributed by atoms with Gasteiger partial charge in [-0.05, 0) is 142 Å². The molecule has 0 radical (unpaired) electrons. The lowest BCUT2D eigenvalue weighted by Crippen LogP contribution is -2.04. The van der Waals surface area contributed by atoms with Crippen LogP contribution in [0.25, 0.3) is 145 Å². The van der Waals surface area contributed by atoms with Crippen molar-refractivity contribution in [2.24, 2.45) is 0 Å². The third-order valence-corrected chi connectivity index (χ3v) is 14.6. The molecule has 0 aliphatic carbocycles. The number of pyridine rings is 4. The number of imidazole rings is 4. The second-order valence-corrected chi connectivity index (χ2v) is 18.8. The third kappa shape index (κ3) is 6.18. The molecule has 0 aliphatic rings. The highest BCUT2D eigenvalue weighted by atomic mass is 15.2. The van der Waals surface area contributed by atoms with Crippen LogP contribution in [0.1, 0.15) is 0 Å². The van der Waals surface area contributed by atoms with Gasteiger partial charge >= 0.3 is 0 Å². The Labute approximate surface area is 432 Å². The molecule has 16 aromatic rings. The molecular formula is C64H38N12. The molecule has 8 aromatic heterocycles. The number of hydrogen-bond donors (Lipinski definition) is 0. The summed E-state index contributed by atoms with van der Waals surface area (Å²) < 4.78 is 8.70. The Morgan fingerprint density at radius 2 is 0.474 bits per heavy atom. The van der Waals surface area contributed by atoms with E-state index in [2.05, 4.69) is 152 Å². The van der Waals surface area contributed by atoms with E-state index in [0.717, 1.165) is 145 Å². The monoisotopic (exact) mass is 974 g/mol. The lowest BCUT2D eigenvalue weighted by Gasteiger charge is -2.22. The first-order chi connectivity index (χ1) is 37.7. The molecule has 8 aromatic carbocycles. The number of nitrogens with zero attached hydrogens (tertiary/aromatic N) is 12. The van der Waals surface area contributed by atoms with Crippen molar-refractivity contribution in [1.29, 1.82) is 0 Å². The Morgan fingerprint density at radius 3 is 0.711 bits per heavy atom. The maximum Gasteiger partial charge on any atom is 0.164 e. The van der Waals surface area contributed by atoms with Crippen LogP contribution in [0.4, 0.5) is 0 Å². The maximum atomic E-state index is 5.49. The molecule has 0 bridgehead atoms. The van der Waals surface area contributed by atoms with Crippen LogP contribution in [0.15, 0.2) is 231 Å². The van der Waals surface area contributed by atoms with Crippen LogP contribution in [0.5, 0.6) is 0 Å². The molecule has 0 saturated carbocycles. The molecule has 16 rings (SSSR count). The molecule has 0 amide bonds. The van der Waals surface area contributed by atoms with Crippen LogP contribution < -0.4 is 0 Å². The molecule has 12 nitrogen and oxygen atoms in total. The molecule has 0 saturated heterocycles. The van der Waals surface area contributed by atoms with Crippen LogP contribution in [-0.4, -0.2) is 58.1 Å². The SMILES string of the molecule is c1ccc(-n2c(-c3cc(-c4nc5cccnc5n4-c4ccccc4)c4ccc5c(-c6nc7cccnc7n6-c6ccccc6)cc(-c6nc7cccnc7n6-c6ccccc6)c6ccc3c4c65)nc3cccnc32)cc1. The largest absolute Gasteiger partial charge is 0.277 e. The van der Waals surface area contributed by atoms with Crippen molar-refractivity contribution in [2.45, 2.75) is 0 Å². The first-order valence-corrected chi connectivity index (χ1v) is 25.1. The molecular weight excluding hydrogens is 937 g/mol. The van der Waals surface area contributed by atoms with Crippen molar-refractivity contribution in [2.75, 3.05) is 0 Å². The topological polar surface area (TPSA) is 123 Å². The second-order valence-electron chi connectivity index (χ2n) is 18.8. The summed E-state index contributed by atoms with van der Waals surface area (Å²) in [6, 6.07) is 70.9. The van der Waals surface area contributed by atoms with Gasteiger partial charge in [0.1, 0.15) is 45.4 Å². The van der Waals surface area contributed by atoms with Crippen molar-refractivity contribution < 1.29 is 0 Å². The highest BCUT2D eigenvalue weighted by molar-refractivity contribution is 6.31. The Hall–Kier alpha value is -10.7. The van der Waals surface area contributed by atoms with Gasteiger partial charge in [-0.3, -0.25) is 18.3 Å². The molecule has 76 heavy (non-hydrogen) atoms. The minimum Gasteiger partial charge on any atom is -0.277 e. The average molecular weight is 975 g/mol. The number of hydrogen-bond acceptors (Lipinski definition) is 8. The van der Waals surface area contributed by atoms with Gasteiger partial charge in [0, 0.05) is 69.8 Å². The first-order valence-electron chi connectivity index (χ1n) is 25.1. The van der Waals surface area contributed by atoms with Crippen molar-refractivity contribution in [3.05, 3.63) is 231 Å². The lowest BCUT2D eigenvalue weighted by atomic mass is 9.85. The van der Waals surface area contributed by atoms with Crippen LogP contribution in [-0.2, 0) is 0 Å². The van der Waals surface area contributed by atoms with E-state index in [1.807, 2.05) is 97.6 Å². The lowest BCUT2D eigenvalue weighted by molar-refractivity contribution is 1.07. The van der Waals surface area contributed by atoms with Crippen molar-refractivity contribution in [1.82, 2.24) is 58.1 Å². The Morgan fingerprint density at radius 1 is 0.237 bits per heavy atom. The van der Waals surface area contributed by atoms with Gasteiger partial charge in [-0.1, -0.05) is 97.1 Å². The van der Waals surface area contributed by atoms with Crippen molar-refractivity contribution >= 4 is 77.0 Å². The summed E-state index contributed by atoms with van der Waals surface area (Å²) in [5, 5.41) is 6.08. The molecule has 0 fully saturated rings. The molecule has 12 heteroatoms. The molecule has 0 N–H and O–H groups in total. The van der Waals surface area contributed by atoms with Gasteiger partial charge in [0.25, 0.3) is 0 Å². The number of para-hydroxylation sites is 4. The van der Waals surface area contributed by atoms with Gasteiger partial charge in [0.15, 0.2) is 22.6 Å². The molecule has 0 aliphatic heterocycles. The molecule has 0 atom stereocenters. The zero-order valence-electron chi connectivity index (χ0n) is 40.3. The van der Waals surface area contributed by atoms with E-state index in [1.165, 1.54) is 0 Å². The standard InChI is InChI=1S/C64H38N12/c1-5-17-39(18-6-1)73-57(69-51-25-13-33-65-61(51)73)47-37-48(58-70-52-26-14-34-66-62(52)74(58)40-19-7-2-8-20-40)44-31-32-46-50(60-72-54-28-16-36-68-64(54)76(60)42-23-11-4-12-24-42)38-49(45-30-29-43(47)55(44)56(45)46)59-71-53-27-15-35-67-63(53)75(59)41-21-9-3-10-22-41/h1-38H. The predicted octanol–water partition coefficient (Wildman–Crippen LogP) is 14.2. The number of rotatable bonds is 8. The Balaban J connectivity index is 1.12. The minimum absolute atomic E-state index is 0.744. The highest BCUT2D eigenvalue weighted by Gasteiger charge is 2.29. The molecule has 8 heterocycles.